The monoisotopic (exact) mass is 285 g/mol. The van der Waals surface area contributed by atoms with Crippen LogP contribution in [0.25, 0.3) is 0 Å². The minimum Gasteiger partial charge on any atom is -0.454 e. The highest BCUT2D eigenvalue weighted by Crippen LogP contribution is 2.26. The molecule has 0 unspecified atom stereocenters. The lowest BCUT2D eigenvalue weighted by molar-refractivity contribution is -0.134. The summed E-state index contributed by atoms with van der Waals surface area (Å²) in [4.78, 5) is 11.1. The third-order valence-corrected chi connectivity index (χ3v) is 2.63. The van der Waals surface area contributed by atoms with E-state index in [0.29, 0.717) is 11.5 Å². The number of halogens is 1. The van der Waals surface area contributed by atoms with Crippen molar-refractivity contribution in [3.05, 3.63) is 53.8 Å². The SMILES string of the molecule is CCC(=O)Oc1ccc(Oc2ccc(C#N)cc2F)cc1. The van der Waals surface area contributed by atoms with E-state index in [9.17, 15) is 9.18 Å². The van der Waals surface area contributed by atoms with Gasteiger partial charge in [0.1, 0.15) is 11.5 Å². The Morgan fingerprint density at radius 3 is 2.43 bits per heavy atom. The molecule has 0 fully saturated rings. The van der Waals surface area contributed by atoms with Gasteiger partial charge in [-0.25, -0.2) is 4.39 Å². The number of carbonyl (C=O) groups is 1. The fourth-order valence-electron chi connectivity index (χ4n) is 1.56. The first kappa shape index (κ1) is 14.5. The van der Waals surface area contributed by atoms with Gasteiger partial charge in [-0.1, -0.05) is 6.92 Å². The molecule has 21 heavy (non-hydrogen) atoms. The number of carbonyl (C=O) groups excluding carboxylic acids is 1. The average molecular weight is 285 g/mol. The summed E-state index contributed by atoms with van der Waals surface area (Å²) in [7, 11) is 0. The van der Waals surface area contributed by atoms with Gasteiger partial charge in [0, 0.05) is 6.42 Å². The van der Waals surface area contributed by atoms with Crippen LogP contribution in [0.3, 0.4) is 0 Å². The summed E-state index contributed by atoms with van der Waals surface area (Å²) >= 11 is 0. The highest BCUT2D eigenvalue weighted by Gasteiger charge is 2.07. The average Bonchev–Trinajstić information content (AvgIpc) is 2.51. The molecule has 0 aliphatic heterocycles. The fraction of sp³-hybridized carbons (Fsp3) is 0.125. The van der Waals surface area contributed by atoms with Crippen LogP contribution in [-0.2, 0) is 4.79 Å². The molecule has 106 valence electrons. The molecule has 0 aliphatic rings. The maximum atomic E-state index is 13.7. The molecule has 0 saturated heterocycles. The normalized spacial score (nSPS) is 9.76. The lowest BCUT2D eigenvalue weighted by Crippen LogP contribution is -2.05. The van der Waals surface area contributed by atoms with E-state index in [0.717, 1.165) is 6.07 Å². The first-order valence-electron chi connectivity index (χ1n) is 6.30. The molecule has 0 aromatic heterocycles. The fourth-order valence-corrected chi connectivity index (χ4v) is 1.56. The Morgan fingerprint density at radius 2 is 1.86 bits per heavy atom. The maximum Gasteiger partial charge on any atom is 0.310 e. The van der Waals surface area contributed by atoms with Crippen LogP contribution in [0.1, 0.15) is 18.9 Å². The molecule has 0 N–H and O–H groups in total. The van der Waals surface area contributed by atoms with Crippen molar-refractivity contribution in [3.8, 4) is 23.3 Å². The second-order valence-corrected chi connectivity index (χ2v) is 4.16. The van der Waals surface area contributed by atoms with Crippen molar-refractivity contribution in [3.63, 3.8) is 0 Å². The van der Waals surface area contributed by atoms with Gasteiger partial charge in [0.25, 0.3) is 0 Å². The highest BCUT2D eigenvalue weighted by atomic mass is 19.1. The summed E-state index contributed by atoms with van der Waals surface area (Å²) in [6, 6.07) is 12.1. The van der Waals surface area contributed by atoms with Crippen LogP contribution in [0.15, 0.2) is 42.5 Å². The van der Waals surface area contributed by atoms with Crippen molar-refractivity contribution in [1.82, 2.24) is 0 Å². The van der Waals surface area contributed by atoms with Crippen LogP contribution in [0.5, 0.6) is 17.2 Å². The molecule has 0 bridgehead atoms. The lowest BCUT2D eigenvalue weighted by atomic mass is 10.2. The van der Waals surface area contributed by atoms with Gasteiger partial charge in [-0.2, -0.15) is 5.26 Å². The van der Waals surface area contributed by atoms with Gasteiger partial charge >= 0.3 is 5.97 Å². The zero-order valence-corrected chi connectivity index (χ0v) is 11.3. The molecule has 0 aliphatic carbocycles. The van der Waals surface area contributed by atoms with Gasteiger partial charge < -0.3 is 9.47 Å². The zero-order valence-electron chi connectivity index (χ0n) is 11.3. The van der Waals surface area contributed by atoms with E-state index < -0.39 is 5.82 Å². The van der Waals surface area contributed by atoms with Crippen LogP contribution < -0.4 is 9.47 Å². The van der Waals surface area contributed by atoms with E-state index >= 15 is 0 Å². The molecule has 4 nitrogen and oxygen atoms in total. The summed E-state index contributed by atoms with van der Waals surface area (Å²) in [6.07, 6.45) is 0.286. The Labute approximate surface area is 121 Å². The molecular formula is C16H12FNO3. The smallest absolute Gasteiger partial charge is 0.310 e. The quantitative estimate of drug-likeness (QED) is 0.633. The van der Waals surface area contributed by atoms with E-state index in [4.69, 9.17) is 14.7 Å². The third kappa shape index (κ3) is 3.80. The molecular weight excluding hydrogens is 273 g/mol. The Kier molecular flexibility index (Phi) is 4.52. The Hall–Kier alpha value is -2.87. The third-order valence-electron chi connectivity index (χ3n) is 2.63. The number of esters is 1. The van der Waals surface area contributed by atoms with Crippen molar-refractivity contribution in [2.45, 2.75) is 13.3 Å². The molecule has 2 aromatic carbocycles. The Balaban J connectivity index is 2.10. The molecule has 0 saturated carbocycles. The van der Waals surface area contributed by atoms with E-state index in [1.54, 1.807) is 31.2 Å². The first-order valence-corrected chi connectivity index (χ1v) is 6.30. The Bertz CT molecular complexity index is 690. The molecule has 2 rings (SSSR count). The predicted octanol–water partition coefficient (Wildman–Crippen LogP) is 3.81. The maximum absolute atomic E-state index is 13.7. The van der Waals surface area contributed by atoms with E-state index in [-0.39, 0.29) is 23.7 Å². The van der Waals surface area contributed by atoms with E-state index in [1.807, 2.05) is 6.07 Å². The van der Waals surface area contributed by atoms with Crippen molar-refractivity contribution in [2.24, 2.45) is 0 Å². The number of benzene rings is 2. The van der Waals surface area contributed by atoms with Crippen molar-refractivity contribution >= 4 is 5.97 Å². The van der Waals surface area contributed by atoms with Crippen molar-refractivity contribution in [1.29, 1.82) is 5.26 Å². The second-order valence-electron chi connectivity index (χ2n) is 4.16. The van der Waals surface area contributed by atoms with Crippen LogP contribution in [0.4, 0.5) is 4.39 Å². The Morgan fingerprint density at radius 1 is 1.19 bits per heavy atom. The molecule has 2 aromatic rings. The summed E-state index contributed by atoms with van der Waals surface area (Å²) < 4.78 is 24.1. The zero-order chi connectivity index (χ0) is 15.2. The molecule has 0 spiro atoms. The predicted molar refractivity (Wildman–Crippen MR) is 73.6 cm³/mol. The lowest BCUT2D eigenvalue weighted by Gasteiger charge is -2.08. The molecule has 0 heterocycles. The molecule has 0 radical (unpaired) electrons. The van der Waals surface area contributed by atoms with Crippen LogP contribution in [0, 0.1) is 17.1 Å². The van der Waals surface area contributed by atoms with Gasteiger partial charge in [0.05, 0.1) is 11.6 Å². The van der Waals surface area contributed by atoms with Gasteiger partial charge in [-0.3, -0.25) is 4.79 Å². The van der Waals surface area contributed by atoms with E-state index in [1.165, 1.54) is 12.1 Å². The highest BCUT2D eigenvalue weighted by molar-refractivity contribution is 5.71. The second kappa shape index (κ2) is 6.53. The summed E-state index contributed by atoms with van der Waals surface area (Å²) in [5.74, 6) is -0.131. The topological polar surface area (TPSA) is 59.3 Å². The van der Waals surface area contributed by atoms with Crippen molar-refractivity contribution in [2.75, 3.05) is 0 Å². The first-order chi connectivity index (χ1) is 10.1. The van der Waals surface area contributed by atoms with Gasteiger partial charge in [0.2, 0.25) is 0 Å². The number of rotatable bonds is 4. The summed E-state index contributed by atoms with van der Waals surface area (Å²) in [5, 5.41) is 8.67. The van der Waals surface area contributed by atoms with Gasteiger partial charge in [-0.15, -0.1) is 0 Å². The number of nitrogens with zero attached hydrogens (tertiary/aromatic N) is 1. The molecule has 5 heteroatoms. The number of nitriles is 1. The summed E-state index contributed by atoms with van der Waals surface area (Å²) in [6.45, 7) is 1.70. The largest absolute Gasteiger partial charge is 0.454 e. The van der Waals surface area contributed by atoms with Crippen LogP contribution in [0.2, 0.25) is 0 Å². The standard InChI is InChI=1S/C16H12FNO3/c1-2-16(19)21-13-6-4-12(5-7-13)20-15-8-3-11(10-18)9-14(15)17/h3-9H,2H2,1H3. The van der Waals surface area contributed by atoms with Gasteiger partial charge in [0.15, 0.2) is 11.6 Å². The molecule has 0 atom stereocenters. The number of ether oxygens (including phenoxy) is 2. The van der Waals surface area contributed by atoms with E-state index in [2.05, 4.69) is 0 Å². The minimum absolute atomic E-state index is 0.0207. The van der Waals surface area contributed by atoms with Crippen LogP contribution >= 0.6 is 0 Å². The minimum atomic E-state index is -0.615. The summed E-state index contributed by atoms with van der Waals surface area (Å²) in [5.41, 5.74) is 0.224. The van der Waals surface area contributed by atoms with Gasteiger partial charge in [-0.05, 0) is 42.5 Å². The number of hydrogen-bond donors (Lipinski definition) is 0. The molecule has 0 amide bonds. The number of hydrogen-bond acceptors (Lipinski definition) is 4. The van der Waals surface area contributed by atoms with Crippen LogP contribution in [-0.4, -0.2) is 5.97 Å². The van der Waals surface area contributed by atoms with Crippen molar-refractivity contribution < 1.29 is 18.7 Å².